The Balaban J connectivity index is 2.39. The van der Waals surface area contributed by atoms with Gasteiger partial charge in [-0.1, -0.05) is 0 Å². The number of rotatable bonds is 7. The minimum absolute atomic E-state index is 0.167. The van der Waals surface area contributed by atoms with E-state index in [2.05, 4.69) is 0 Å². The van der Waals surface area contributed by atoms with E-state index in [0.717, 1.165) is 0 Å². The van der Waals surface area contributed by atoms with Crippen molar-refractivity contribution >= 4 is 0 Å². The Morgan fingerprint density at radius 1 is 1.33 bits per heavy atom. The largest absolute Gasteiger partial charge is 0.418 e. The van der Waals surface area contributed by atoms with Crippen molar-refractivity contribution in [2.75, 3.05) is 26.9 Å². The van der Waals surface area contributed by atoms with Crippen LogP contribution in [-0.2, 0) is 16.0 Å². The molecule has 18 heavy (non-hydrogen) atoms. The molecule has 1 aromatic heterocycles. The van der Waals surface area contributed by atoms with Gasteiger partial charge in [-0.25, -0.2) is 0 Å². The molecule has 0 fully saturated rings. The summed E-state index contributed by atoms with van der Waals surface area (Å²) in [5.74, 6) is 0. The van der Waals surface area contributed by atoms with Crippen LogP contribution in [0.3, 0.4) is 0 Å². The molecule has 4 nitrogen and oxygen atoms in total. The molecule has 104 valence electrons. The fraction of sp³-hybridized carbons (Fsp3) is 0.636. The highest BCUT2D eigenvalue weighted by Crippen LogP contribution is 2.32. The van der Waals surface area contributed by atoms with Gasteiger partial charge in [0.1, 0.15) is 0 Å². The molecule has 7 heteroatoms. The van der Waals surface area contributed by atoms with Crippen LogP contribution in [0.4, 0.5) is 13.2 Å². The van der Waals surface area contributed by atoms with E-state index in [1.54, 1.807) is 7.11 Å². The lowest BCUT2D eigenvalue weighted by Gasteiger charge is -2.12. The second kappa shape index (κ2) is 6.77. The molecule has 0 spiro atoms. The van der Waals surface area contributed by atoms with E-state index in [-0.39, 0.29) is 5.56 Å². The van der Waals surface area contributed by atoms with Gasteiger partial charge in [0.2, 0.25) is 0 Å². The molecular formula is C11H16F3NO3. The van der Waals surface area contributed by atoms with E-state index in [1.807, 2.05) is 0 Å². The van der Waals surface area contributed by atoms with Gasteiger partial charge < -0.3 is 19.1 Å². The van der Waals surface area contributed by atoms with E-state index >= 15 is 0 Å². The first kappa shape index (κ1) is 15.0. The number of aliphatic hydroxyl groups is 1. The first-order chi connectivity index (χ1) is 8.45. The van der Waals surface area contributed by atoms with Crippen molar-refractivity contribution in [1.82, 2.24) is 4.57 Å². The van der Waals surface area contributed by atoms with Crippen molar-refractivity contribution in [3.05, 3.63) is 24.0 Å². The van der Waals surface area contributed by atoms with Crippen LogP contribution in [0.15, 0.2) is 18.5 Å². The highest BCUT2D eigenvalue weighted by atomic mass is 19.4. The normalized spacial score (nSPS) is 13.8. The third kappa shape index (κ3) is 4.67. The standard InChI is InChI=1S/C11H16F3NO3/c1-17-6-7-18-5-4-15-3-2-9(8-15)10(16)11(12,13)14/h2-3,8,10,16H,4-7H2,1H3. The number of aliphatic hydroxyl groups excluding tert-OH is 1. The quantitative estimate of drug-likeness (QED) is 0.765. The van der Waals surface area contributed by atoms with Crippen LogP contribution >= 0.6 is 0 Å². The first-order valence-electron chi connectivity index (χ1n) is 5.42. The number of hydrogen-bond acceptors (Lipinski definition) is 3. The lowest BCUT2D eigenvalue weighted by Crippen LogP contribution is -2.19. The molecule has 0 aliphatic carbocycles. The van der Waals surface area contributed by atoms with Gasteiger partial charge in [0, 0.05) is 31.6 Å². The van der Waals surface area contributed by atoms with Crippen molar-refractivity contribution in [3.8, 4) is 0 Å². The highest BCUT2D eigenvalue weighted by molar-refractivity contribution is 5.15. The molecule has 0 saturated heterocycles. The lowest BCUT2D eigenvalue weighted by molar-refractivity contribution is -0.206. The summed E-state index contributed by atoms with van der Waals surface area (Å²) in [5, 5.41) is 9.03. The Labute approximate surface area is 103 Å². The Morgan fingerprint density at radius 3 is 2.67 bits per heavy atom. The minimum atomic E-state index is -4.64. The SMILES string of the molecule is COCCOCCn1ccc(C(O)C(F)(F)F)c1. The van der Waals surface area contributed by atoms with Crippen molar-refractivity contribution in [2.45, 2.75) is 18.8 Å². The maximum Gasteiger partial charge on any atom is 0.418 e. The summed E-state index contributed by atoms with van der Waals surface area (Å²) in [5.41, 5.74) is -0.167. The van der Waals surface area contributed by atoms with Gasteiger partial charge in [-0.2, -0.15) is 13.2 Å². The number of nitrogens with zero attached hydrogens (tertiary/aromatic N) is 1. The summed E-state index contributed by atoms with van der Waals surface area (Å²) >= 11 is 0. The van der Waals surface area contributed by atoms with E-state index in [9.17, 15) is 13.2 Å². The summed E-state index contributed by atoms with van der Waals surface area (Å²) in [6.45, 7) is 1.72. The molecule has 1 heterocycles. The number of alkyl halides is 3. The Hall–Kier alpha value is -1.05. The summed E-state index contributed by atoms with van der Waals surface area (Å²) in [6.07, 6.45) is -4.34. The average Bonchev–Trinajstić information content (AvgIpc) is 2.75. The Morgan fingerprint density at radius 2 is 2.06 bits per heavy atom. The average molecular weight is 267 g/mol. The van der Waals surface area contributed by atoms with Gasteiger partial charge in [0.05, 0.1) is 19.8 Å². The second-order valence-corrected chi connectivity index (χ2v) is 3.73. The number of halogens is 3. The fourth-order valence-corrected chi connectivity index (χ4v) is 1.36. The van der Waals surface area contributed by atoms with Gasteiger partial charge in [-0.3, -0.25) is 0 Å². The summed E-state index contributed by atoms with van der Waals surface area (Å²) in [7, 11) is 1.56. The van der Waals surface area contributed by atoms with Crippen LogP contribution in [0.1, 0.15) is 11.7 Å². The lowest BCUT2D eigenvalue weighted by atomic mass is 10.2. The van der Waals surface area contributed by atoms with Crippen LogP contribution in [0.2, 0.25) is 0 Å². The van der Waals surface area contributed by atoms with E-state index in [4.69, 9.17) is 14.6 Å². The molecule has 0 bridgehead atoms. The van der Waals surface area contributed by atoms with Gasteiger partial charge in [-0.15, -0.1) is 0 Å². The van der Waals surface area contributed by atoms with E-state index < -0.39 is 12.3 Å². The molecule has 1 atom stereocenters. The second-order valence-electron chi connectivity index (χ2n) is 3.73. The predicted octanol–water partition coefficient (Wildman–Crippen LogP) is 1.75. The molecule has 0 aromatic carbocycles. The third-order valence-corrected chi connectivity index (χ3v) is 2.32. The zero-order valence-electron chi connectivity index (χ0n) is 9.98. The van der Waals surface area contributed by atoms with Crippen LogP contribution < -0.4 is 0 Å². The van der Waals surface area contributed by atoms with Gasteiger partial charge in [-0.05, 0) is 6.07 Å². The van der Waals surface area contributed by atoms with Crippen molar-refractivity contribution in [3.63, 3.8) is 0 Å². The molecule has 1 N–H and O–H groups in total. The predicted molar refractivity (Wildman–Crippen MR) is 58.1 cm³/mol. The number of aromatic nitrogens is 1. The zero-order chi connectivity index (χ0) is 13.6. The molecule has 0 aliphatic rings. The summed E-state index contributed by atoms with van der Waals surface area (Å²) in [6, 6.07) is 1.24. The smallest absolute Gasteiger partial charge is 0.382 e. The summed E-state index contributed by atoms with van der Waals surface area (Å²) in [4.78, 5) is 0. The van der Waals surface area contributed by atoms with Crippen molar-refractivity contribution in [1.29, 1.82) is 0 Å². The Kier molecular flexibility index (Phi) is 5.64. The topological polar surface area (TPSA) is 43.6 Å². The maximum absolute atomic E-state index is 12.2. The molecule has 0 amide bonds. The van der Waals surface area contributed by atoms with Crippen LogP contribution in [-0.4, -0.2) is 42.8 Å². The zero-order valence-corrected chi connectivity index (χ0v) is 9.98. The maximum atomic E-state index is 12.2. The highest BCUT2D eigenvalue weighted by Gasteiger charge is 2.39. The van der Waals surface area contributed by atoms with Crippen LogP contribution in [0.25, 0.3) is 0 Å². The monoisotopic (exact) mass is 267 g/mol. The van der Waals surface area contributed by atoms with Gasteiger partial charge >= 0.3 is 6.18 Å². The van der Waals surface area contributed by atoms with Gasteiger partial charge in [0.15, 0.2) is 6.10 Å². The molecular weight excluding hydrogens is 251 g/mol. The molecule has 1 unspecified atom stereocenters. The van der Waals surface area contributed by atoms with E-state index in [1.165, 1.54) is 23.0 Å². The molecule has 0 aliphatic heterocycles. The van der Waals surface area contributed by atoms with Gasteiger partial charge in [0.25, 0.3) is 0 Å². The number of hydrogen-bond donors (Lipinski definition) is 1. The Bertz CT molecular complexity index is 352. The molecule has 0 radical (unpaired) electrons. The third-order valence-electron chi connectivity index (χ3n) is 2.32. The van der Waals surface area contributed by atoms with Crippen molar-refractivity contribution in [2.24, 2.45) is 0 Å². The summed E-state index contributed by atoms with van der Waals surface area (Å²) < 4.78 is 48.2. The first-order valence-corrected chi connectivity index (χ1v) is 5.42. The van der Waals surface area contributed by atoms with E-state index in [0.29, 0.717) is 26.4 Å². The number of ether oxygens (including phenoxy) is 2. The molecule has 1 rings (SSSR count). The molecule has 1 aromatic rings. The fourth-order valence-electron chi connectivity index (χ4n) is 1.36. The minimum Gasteiger partial charge on any atom is -0.382 e. The number of methoxy groups -OCH3 is 1. The van der Waals surface area contributed by atoms with Crippen molar-refractivity contribution < 1.29 is 27.8 Å². The van der Waals surface area contributed by atoms with Crippen LogP contribution in [0, 0.1) is 0 Å². The molecule has 0 saturated carbocycles. The van der Waals surface area contributed by atoms with Crippen LogP contribution in [0.5, 0.6) is 0 Å².